The molecule has 0 fully saturated rings. The Morgan fingerprint density at radius 3 is 2.27 bits per heavy atom. The number of para-hydroxylation sites is 1. The molecule has 15 nitrogen and oxygen atoms in total. The summed E-state index contributed by atoms with van der Waals surface area (Å²) in [5, 5.41) is 51.1. The largest absolute Gasteiger partial charge is 0.507 e. The number of allylic oxidation sites excluding steroid dienone is 2. The number of methoxy groups -OCH3 is 1. The molecule has 0 unspecified atom stereocenters. The predicted molar refractivity (Wildman–Crippen MR) is 223 cm³/mol. The first-order valence-electron chi connectivity index (χ1n) is 19.6. The Morgan fingerprint density at radius 1 is 0.933 bits per heavy atom. The number of aromatic hydroxyl groups is 2. The maximum absolute atomic E-state index is 14.5. The van der Waals surface area contributed by atoms with Crippen LogP contribution in [0, 0.1) is 30.6 Å². The Morgan fingerprint density at radius 2 is 1.62 bits per heavy atom. The summed E-state index contributed by atoms with van der Waals surface area (Å²) in [7, 11) is 1.43. The van der Waals surface area contributed by atoms with Crippen molar-refractivity contribution in [2.45, 2.75) is 85.6 Å². The van der Waals surface area contributed by atoms with Gasteiger partial charge in [-0.15, -0.1) is 0 Å². The molecular formula is C45H54N2O13. The van der Waals surface area contributed by atoms with E-state index >= 15 is 0 Å². The van der Waals surface area contributed by atoms with Gasteiger partial charge in [0, 0.05) is 72.9 Å². The van der Waals surface area contributed by atoms with Crippen LogP contribution in [0.3, 0.4) is 0 Å². The summed E-state index contributed by atoms with van der Waals surface area (Å²) in [5.74, 6) is -8.41. The van der Waals surface area contributed by atoms with Gasteiger partial charge in [0.25, 0.3) is 17.6 Å². The fourth-order valence-corrected chi connectivity index (χ4v) is 7.61. The number of hydrogen-bond acceptors (Lipinski definition) is 13. The Labute approximate surface area is 348 Å². The van der Waals surface area contributed by atoms with Gasteiger partial charge in [0.2, 0.25) is 0 Å². The fourth-order valence-electron chi connectivity index (χ4n) is 7.61. The number of aliphatic hydroxyl groups excluding tert-OH is 2. The van der Waals surface area contributed by atoms with Crippen LogP contribution in [-0.4, -0.2) is 87.9 Å². The number of esters is 1. The second kappa shape index (κ2) is 18.6. The van der Waals surface area contributed by atoms with Gasteiger partial charge in [-0.1, -0.05) is 64.1 Å². The second-order valence-electron chi connectivity index (χ2n) is 15.6. The number of benzene rings is 3. The quantitative estimate of drug-likeness (QED) is 0.123. The van der Waals surface area contributed by atoms with Gasteiger partial charge in [-0.25, -0.2) is 0 Å². The highest BCUT2D eigenvalue weighted by Gasteiger charge is 2.49. The zero-order valence-electron chi connectivity index (χ0n) is 35.1. The summed E-state index contributed by atoms with van der Waals surface area (Å²) >= 11 is 0. The van der Waals surface area contributed by atoms with Crippen LogP contribution >= 0.6 is 0 Å². The molecule has 0 aliphatic carbocycles. The van der Waals surface area contributed by atoms with E-state index in [0.717, 1.165) is 0 Å². The average Bonchev–Trinajstić information content (AvgIpc) is 3.48. The molecule has 0 radical (unpaired) electrons. The van der Waals surface area contributed by atoms with Gasteiger partial charge in [0.05, 0.1) is 41.2 Å². The molecule has 2 amide bonds. The first-order valence-corrected chi connectivity index (χ1v) is 19.6. The summed E-state index contributed by atoms with van der Waals surface area (Å²) in [6, 6.07) is 9.87. The number of hydrogen-bond donors (Lipinski definition) is 6. The van der Waals surface area contributed by atoms with Crippen molar-refractivity contribution < 1.29 is 63.3 Å². The van der Waals surface area contributed by atoms with Gasteiger partial charge in [-0.3, -0.25) is 19.2 Å². The lowest BCUT2D eigenvalue weighted by Crippen LogP contribution is -2.46. The fraction of sp³-hybridized carbons (Fsp3) is 0.422. The lowest BCUT2D eigenvalue weighted by molar-refractivity contribution is -0.160. The minimum absolute atomic E-state index is 0.0612. The predicted octanol–water partition coefficient (Wildman–Crippen LogP) is 6.07. The normalized spacial score (nSPS) is 29.4. The average molecular weight is 831 g/mol. The van der Waals surface area contributed by atoms with Gasteiger partial charge >= 0.3 is 11.8 Å². The molecule has 0 aromatic heterocycles. The van der Waals surface area contributed by atoms with E-state index < -0.39 is 95.5 Å². The number of phenolic OH excluding ortho intramolecular Hbond substituents is 2. The SMILES string of the molecule is CO[C@H]1/C=C\O[C@@]2(C)Oc3c(C)c(O)c4c(O)c(cc(OCC(=O)Nc5ccccc5)c4c3C2=O)NC(=O)/C(C)=C\C=C/[C@H](C)[C@H](O)[C@@H](C)[C@@H](O)[C@@H](C)[C@H](OC(C)=O)[C@@H]1C. The van der Waals surface area contributed by atoms with Gasteiger partial charge in [0.1, 0.15) is 23.4 Å². The summed E-state index contributed by atoms with van der Waals surface area (Å²) in [4.78, 5) is 53.4. The second-order valence-corrected chi connectivity index (χ2v) is 15.6. The van der Waals surface area contributed by atoms with Crippen molar-refractivity contribution in [3.8, 4) is 23.0 Å². The van der Waals surface area contributed by atoms with Crippen LogP contribution in [0.1, 0.15) is 64.4 Å². The van der Waals surface area contributed by atoms with Crippen LogP contribution in [0.25, 0.3) is 10.8 Å². The molecule has 0 saturated heterocycles. The number of anilines is 2. The standard InChI is InChI=1S/C45H54N2O13/c1-22-14-13-15-23(2)44(55)47-30-20-32(57-21-33(49)46-29-16-11-10-12-17-29)34-35(40(30)53)39(52)27(6)42-36(34)43(54)45(8,60-42)58-19-18-31(56-9)24(3)41(59-28(7)48)26(5)38(51)25(4)37(22)50/h10-20,22,24-26,31,37-38,41,50-53H,21H2,1-9H3,(H,46,49)(H,47,55)/b14-13-,19-18-,23-15-/t22-,24+,25+,26+,31-,37-,38+,41+,45-/m0/s1. The number of ketones is 1. The number of rotatable bonds is 6. The van der Waals surface area contributed by atoms with Crippen molar-refractivity contribution >= 4 is 45.7 Å². The van der Waals surface area contributed by atoms with Gasteiger partial charge < -0.3 is 54.7 Å². The number of nitrogens with one attached hydrogen (secondary N) is 2. The minimum atomic E-state index is -2.04. The van der Waals surface area contributed by atoms with Gasteiger partial charge in [-0.2, -0.15) is 0 Å². The molecule has 322 valence electrons. The Kier molecular flexibility index (Phi) is 14.0. The number of carbonyl (C=O) groups is 4. The number of aliphatic hydroxyl groups is 2. The lowest BCUT2D eigenvalue weighted by atomic mass is 9.78. The molecule has 3 aliphatic rings. The van der Waals surface area contributed by atoms with E-state index in [-0.39, 0.29) is 44.7 Å². The molecule has 6 rings (SSSR count). The van der Waals surface area contributed by atoms with Crippen molar-refractivity contribution in [2.75, 3.05) is 24.4 Å². The summed E-state index contributed by atoms with van der Waals surface area (Å²) in [5.41, 5.74) is 0.412. The van der Waals surface area contributed by atoms with E-state index in [1.165, 1.54) is 59.3 Å². The summed E-state index contributed by atoms with van der Waals surface area (Å²) in [6.07, 6.45) is 3.52. The van der Waals surface area contributed by atoms with Crippen molar-refractivity contribution in [3.63, 3.8) is 0 Å². The van der Waals surface area contributed by atoms with E-state index in [9.17, 15) is 39.6 Å². The molecule has 3 aliphatic heterocycles. The van der Waals surface area contributed by atoms with Crippen LogP contribution < -0.4 is 20.1 Å². The molecule has 3 heterocycles. The van der Waals surface area contributed by atoms with Crippen LogP contribution in [0.5, 0.6) is 23.0 Å². The zero-order valence-corrected chi connectivity index (χ0v) is 35.1. The Balaban J connectivity index is 1.66. The van der Waals surface area contributed by atoms with Gasteiger partial charge in [0.15, 0.2) is 12.4 Å². The molecule has 5 bridgehead atoms. The maximum Gasteiger partial charge on any atom is 0.312 e. The molecule has 0 spiro atoms. The van der Waals surface area contributed by atoms with E-state index in [2.05, 4.69) is 10.6 Å². The summed E-state index contributed by atoms with van der Waals surface area (Å²) < 4.78 is 29.6. The third-order valence-corrected chi connectivity index (χ3v) is 11.2. The number of amides is 2. The molecular weight excluding hydrogens is 776 g/mol. The molecule has 60 heavy (non-hydrogen) atoms. The first-order chi connectivity index (χ1) is 28.3. The topological polar surface area (TPSA) is 219 Å². The lowest BCUT2D eigenvalue weighted by Gasteiger charge is -2.38. The number of fused-ring (bicyclic) bond motifs is 14. The molecule has 15 heteroatoms. The maximum atomic E-state index is 14.5. The van der Waals surface area contributed by atoms with Crippen LogP contribution in [0.15, 0.2) is 72.5 Å². The van der Waals surface area contributed by atoms with E-state index in [1.54, 1.807) is 70.2 Å². The molecule has 6 N–H and O–H groups in total. The van der Waals surface area contributed by atoms with Crippen LogP contribution in [0.2, 0.25) is 0 Å². The highest BCUT2D eigenvalue weighted by Crippen LogP contribution is 2.54. The van der Waals surface area contributed by atoms with E-state index in [4.69, 9.17) is 23.7 Å². The van der Waals surface area contributed by atoms with Crippen molar-refractivity contribution in [1.82, 2.24) is 0 Å². The molecule has 9 atom stereocenters. The number of phenols is 2. The highest BCUT2D eigenvalue weighted by atomic mass is 16.7. The number of ether oxygens (including phenoxy) is 5. The van der Waals surface area contributed by atoms with Crippen LogP contribution in [0.4, 0.5) is 11.4 Å². The first kappa shape index (κ1) is 45.2. The van der Waals surface area contributed by atoms with E-state index in [1.807, 2.05) is 0 Å². The number of carbonyl (C=O) groups excluding carboxylic acids is 4. The van der Waals surface area contributed by atoms with Crippen molar-refractivity contribution in [2.24, 2.45) is 23.7 Å². The third kappa shape index (κ3) is 9.28. The zero-order chi connectivity index (χ0) is 44.2. The van der Waals surface area contributed by atoms with Crippen LogP contribution in [-0.2, 0) is 28.6 Å². The third-order valence-electron chi connectivity index (χ3n) is 11.2. The minimum Gasteiger partial charge on any atom is -0.507 e. The number of Topliss-reactive ketones (excluding diaryl/α,β-unsaturated/α-hetero) is 1. The van der Waals surface area contributed by atoms with Gasteiger partial charge in [-0.05, 0) is 32.1 Å². The summed E-state index contributed by atoms with van der Waals surface area (Å²) in [6.45, 7) is 11.9. The molecule has 0 saturated carbocycles. The van der Waals surface area contributed by atoms with Crippen molar-refractivity contribution in [3.05, 3.63) is 83.7 Å². The van der Waals surface area contributed by atoms with E-state index in [0.29, 0.717) is 5.69 Å². The highest BCUT2D eigenvalue weighted by molar-refractivity contribution is 6.21. The Hall–Kier alpha value is -5.90. The molecule has 3 aromatic carbocycles. The molecule has 3 aromatic rings. The monoisotopic (exact) mass is 830 g/mol. The Bertz CT molecular complexity index is 2220. The van der Waals surface area contributed by atoms with Crippen molar-refractivity contribution in [1.29, 1.82) is 0 Å². The smallest absolute Gasteiger partial charge is 0.312 e.